The Balaban J connectivity index is 2.79. The molecule has 1 aromatic rings. The molecule has 0 heterocycles. The van der Waals surface area contributed by atoms with Gasteiger partial charge in [0.05, 0.1) is 13.2 Å². The second-order valence-electron chi connectivity index (χ2n) is 3.81. The first-order chi connectivity index (χ1) is 7.60. The van der Waals surface area contributed by atoms with Gasteiger partial charge in [0.2, 0.25) is 5.91 Å². The predicted octanol–water partition coefficient (Wildman–Crippen LogP) is 2.62. The fourth-order valence-corrected chi connectivity index (χ4v) is 1.57. The molecule has 1 amide bonds. The van der Waals surface area contributed by atoms with Crippen LogP contribution in [0.15, 0.2) is 24.3 Å². The third kappa shape index (κ3) is 2.75. The van der Waals surface area contributed by atoms with E-state index in [0.717, 1.165) is 11.3 Å². The van der Waals surface area contributed by atoms with Gasteiger partial charge in [-0.3, -0.25) is 4.79 Å². The maximum Gasteiger partial charge on any atom is 0.222 e. The molecule has 0 fully saturated rings. The average molecular weight is 221 g/mol. The van der Waals surface area contributed by atoms with Crippen LogP contribution in [-0.2, 0) is 4.79 Å². The number of amides is 1. The fourth-order valence-electron chi connectivity index (χ4n) is 1.57. The molecule has 0 radical (unpaired) electrons. The fraction of sp³-hybridized carbons (Fsp3) is 0.462. The summed E-state index contributed by atoms with van der Waals surface area (Å²) in [7, 11) is 3.48. The standard InChI is InChI=1S/C13H19NO2/c1-5-13(15)14(3)10(2)11-6-8-12(16-4)9-7-11/h6-10H,5H2,1-4H3. The van der Waals surface area contributed by atoms with Gasteiger partial charge in [-0.05, 0) is 24.6 Å². The minimum absolute atomic E-state index is 0.0957. The number of nitrogens with zero attached hydrogens (tertiary/aromatic N) is 1. The third-order valence-corrected chi connectivity index (χ3v) is 2.87. The molecule has 1 aromatic carbocycles. The van der Waals surface area contributed by atoms with E-state index >= 15 is 0 Å². The lowest BCUT2D eigenvalue weighted by Crippen LogP contribution is -2.28. The zero-order valence-electron chi connectivity index (χ0n) is 10.4. The van der Waals surface area contributed by atoms with Gasteiger partial charge < -0.3 is 9.64 Å². The number of hydrogen-bond donors (Lipinski definition) is 0. The van der Waals surface area contributed by atoms with Crippen molar-refractivity contribution >= 4 is 5.91 Å². The summed E-state index contributed by atoms with van der Waals surface area (Å²) >= 11 is 0. The van der Waals surface area contributed by atoms with Crippen LogP contribution in [0.4, 0.5) is 0 Å². The topological polar surface area (TPSA) is 29.5 Å². The van der Waals surface area contributed by atoms with Crippen molar-refractivity contribution in [3.05, 3.63) is 29.8 Å². The van der Waals surface area contributed by atoms with Crippen LogP contribution < -0.4 is 4.74 Å². The number of carbonyl (C=O) groups is 1. The molecule has 1 rings (SSSR count). The maximum absolute atomic E-state index is 11.6. The van der Waals surface area contributed by atoms with E-state index in [-0.39, 0.29) is 11.9 Å². The summed E-state index contributed by atoms with van der Waals surface area (Å²) in [6, 6.07) is 7.90. The number of hydrogen-bond acceptors (Lipinski definition) is 2. The van der Waals surface area contributed by atoms with Crippen LogP contribution in [-0.4, -0.2) is 25.0 Å². The molecule has 0 saturated carbocycles. The third-order valence-electron chi connectivity index (χ3n) is 2.87. The normalized spacial score (nSPS) is 12.0. The Labute approximate surface area is 97.0 Å². The highest BCUT2D eigenvalue weighted by molar-refractivity contribution is 5.76. The van der Waals surface area contributed by atoms with Crippen LogP contribution in [0.5, 0.6) is 5.75 Å². The van der Waals surface area contributed by atoms with Gasteiger partial charge in [-0.15, -0.1) is 0 Å². The van der Waals surface area contributed by atoms with Gasteiger partial charge in [0.15, 0.2) is 0 Å². The summed E-state index contributed by atoms with van der Waals surface area (Å²) in [6.07, 6.45) is 0.539. The van der Waals surface area contributed by atoms with Crippen molar-refractivity contribution < 1.29 is 9.53 Å². The summed E-state index contributed by atoms with van der Waals surface area (Å²) in [6.45, 7) is 3.90. The molecule has 3 heteroatoms. The number of ether oxygens (including phenoxy) is 1. The number of carbonyl (C=O) groups excluding carboxylic acids is 1. The Morgan fingerprint density at radius 2 is 1.94 bits per heavy atom. The zero-order chi connectivity index (χ0) is 12.1. The van der Waals surface area contributed by atoms with Crippen molar-refractivity contribution in [2.24, 2.45) is 0 Å². The number of methoxy groups -OCH3 is 1. The Kier molecular flexibility index (Phi) is 4.35. The van der Waals surface area contributed by atoms with E-state index in [1.807, 2.05) is 45.2 Å². The van der Waals surface area contributed by atoms with Gasteiger partial charge in [0, 0.05) is 13.5 Å². The molecule has 0 bridgehead atoms. The monoisotopic (exact) mass is 221 g/mol. The summed E-state index contributed by atoms with van der Waals surface area (Å²) in [5.74, 6) is 0.990. The molecule has 88 valence electrons. The van der Waals surface area contributed by atoms with E-state index < -0.39 is 0 Å². The Morgan fingerprint density at radius 1 is 1.38 bits per heavy atom. The van der Waals surface area contributed by atoms with Crippen LogP contribution in [0.3, 0.4) is 0 Å². The van der Waals surface area contributed by atoms with Crippen molar-refractivity contribution in [3.8, 4) is 5.75 Å². The van der Waals surface area contributed by atoms with Gasteiger partial charge in [0.1, 0.15) is 5.75 Å². The first kappa shape index (κ1) is 12.6. The lowest BCUT2D eigenvalue weighted by atomic mass is 10.1. The van der Waals surface area contributed by atoms with Crippen molar-refractivity contribution in [1.82, 2.24) is 4.90 Å². The Morgan fingerprint density at radius 3 is 2.38 bits per heavy atom. The predicted molar refractivity (Wildman–Crippen MR) is 64.5 cm³/mol. The van der Waals surface area contributed by atoms with E-state index in [9.17, 15) is 4.79 Å². The van der Waals surface area contributed by atoms with Gasteiger partial charge in [-0.2, -0.15) is 0 Å². The van der Waals surface area contributed by atoms with Crippen LogP contribution in [0.1, 0.15) is 31.9 Å². The highest BCUT2D eigenvalue weighted by Crippen LogP contribution is 2.21. The molecular weight excluding hydrogens is 202 g/mol. The van der Waals surface area contributed by atoms with Crippen LogP contribution in [0, 0.1) is 0 Å². The van der Waals surface area contributed by atoms with Crippen molar-refractivity contribution in [3.63, 3.8) is 0 Å². The maximum atomic E-state index is 11.6. The largest absolute Gasteiger partial charge is 0.497 e. The minimum atomic E-state index is 0.0957. The molecule has 0 aromatic heterocycles. The van der Waals surface area contributed by atoms with Gasteiger partial charge in [-0.1, -0.05) is 19.1 Å². The van der Waals surface area contributed by atoms with Gasteiger partial charge in [-0.25, -0.2) is 0 Å². The molecule has 0 aliphatic carbocycles. The van der Waals surface area contributed by atoms with E-state index in [0.29, 0.717) is 6.42 Å². The Bertz CT molecular complexity index is 345. The molecular formula is C13H19NO2. The smallest absolute Gasteiger partial charge is 0.222 e. The summed E-state index contributed by atoms with van der Waals surface area (Å²) < 4.78 is 5.10. The molecule has 1 atom stereocenters. The van der Waals surface area contributed by atoms with Crippen LogP contribution in [0.2, 0.25) is 0 Å². The highest BCUT2D eigenvalue weighted by Gasteiger charge is 2.15. The van der Waals surface area contributed by atoms with E-state index in [1.165, 1.54) is 0 Å². The molecule has 16 heavy (non-hydrogen) atoms. The highest BCUT2D eigenvalue weighted by atomic mass is 16.5. The lowest BCUT2D eigenvalue weighted by Gasteiger charge is -2.25. The minimum Gasteiger partial charge on any atom is -0.497 e. The lowest BCUT2D eigenvalue weighted by molar-refractivity contribution is -0.131. The molecule has 0 aliphatic heterocycles. The van der Waals surface area contributed by atoms with Crippen molar-refractivity contribution in [2.45, 2.75) is 26.3 Å². The van der Waals surface area contributed by atoms with Gasteiger partial charge in [0.25, 0.3) is 0 Å². The van der Waals surface area contributed by atoms with E-state index in [2.05, 4.69) is 0 Å². The van der Waals surface area contributed by atoms with E-state index in [4.69, 9.17) is 4.74 Å². The van der Waals surface area contributed by atoms with Crippen LogP contribution >= 0.6 is 0 Å². The summed E-state index contributed by atoms with van der Waals surface area (Å²) in [5.41, 5.74) is 1.12. The number of benzene rings is 1. The molecule has 0 N–H and O–H groups in total. The summed E-state index contributed by atoms with van der Waals surface area (Å²) in [4.78, 5) is 13.3. The SMILES string of the molecule is CCC(=O)N(C)C(C)c1ccc(OC)cc1. The zero-order valence-corrected chi connectivity index (χ0v) is 10.4. The first-order valence-electron chi connectivity index (χ1n) is 5.49. The summed E-state index contributed by atoms with van der Waals surface area (Å²) in [5, 5.41) is 0. The first-order valence-corrected chi connectivity index (χ1v) is 5.49. The van der Waals surface area contributed by atoms with Crippen molar-refractivity contribution in [2.75, 3.05) is 14.2 Å². The molecule has 0 spiro atoms. The number of rotatable bonds is 4. The Hall–Kier alpha value is -1.51. The molecule has 0 saturated heterocycles. The molecule has 0 aliphatic rings. The second-order valence-corrected chi connectivity index (χ2v) is 3.81. The second kappa shape index (κ2) is 5.54. The van der Waals surface area contributed by atoms with E-state index in [1.54, 1.807) is 12.0 Å². The quantitative estimate of drug-likeness (QED) is 0.782. The average Bonchev–Trinajstić information content (AvgIpc) is 2.36. The molecule has 3 nitrogen and oxygen atoms in total. The molecule has 1 unspecified atom stereocenters. The van der Waals surface area contributed by atoms with Gasteiger partial charge >= 0.3 is 0 Å². The van der Waals surface area contributed by atoms with Crippen molar-refractivity contribution in [1.29, 1.82) is 0 Å². The van der Waals surface area contributed by atoms with Crippen LogP contribution in [0.25, 0.3) is 0 Å².